The molecule has 0 spiro atoms. The highest BCUT2D eigenvalue weighted by Gasteiger charge is 2.05. The summed E-state index contributed by atoms with van der Waals surface area (Å²) in [6.45, 7) is 4.86. The smallest absolute Gasteiger partial charge is 0.0991 e. The van der Waals surface area contributed by atoms with Crippen LogP contribution in [-0.2, 0) is 10.8 Å². The molecule has 0 saturated heterocycles. The van der Waals surface area contributed by atoms with Gasteiger partial charge < -0.3 is 9.88 Å². The molecule has 20 heavy (non-hydrogen) atoms. The van der Waals surface area contributed by atoms with Crippen molar-refractivity contribution in [3.8, 4) is 5.69 Å². The zero-order valence-corrected chi connectivity index (χ0v) is 12.8. The lowest BCUT2D eigenvalue weighted by molar-refractivity contribution is 0.596. The predicted molar refractivity (Wildman–Crippen MR) is 83.5 cm³/mol. The van der Waals surface area contributed by atoms with Crippen molar-refractivity contribution >= 4 is 10.8 Å². The van der Waals surface area contributed by atoms with Crippen molar-refractivity contribution in [2.45, 2.75) is 19.9 Å². The van der Waals surface area contributed by atoms with E-state index < -0.39 is 10.8 Å². The molecule has 1 aromatic carbocycles. The van der Waals surface area contributed by atoms with E-state index in [0.717, 1.165) is 18.0 Å². The molecule has 2 atom stereocenters. The van der Waals surface area contributed by atoms with E-state index in [2.05, 4.69) is 41.5 Å². The first-order chi connectivity index (χ1) is 9.70. The Kier molecular flexibility index (Phi) is 5.49. The lowest BCUT2D eigenvalue weighted by Crippen LogP contribution is -2.24. The second-order valence-electron chi connectivity index (χ2n) is 4.67. The molecule has 1 N–H and O–H groups in total. The largest absolute Gasteiger partial charge is 0.309 e. The summed E-state index contributed by atoms with van der Waals surface area (Å²) in [5, 5.41) is 3.41. The Balaban J connectivity index is 1.91. The Morgan fingerprint density at radius 2 is 2.10 bits per heavy atom. The summed E-state index contributed by atoms with van der Waals surface area (Å²) in [5.74, 6) is 1.45. The molecule has 1 aromatic heterocycles. The molecule has 108 valence electrons. The van der Waals surface area contributed by atoms with Gasteiger partial charge in [0.2, 0.25) is 0 Å². The number of aromatic nitrogens is 2. The molecule has 0 aliphatic rings. The fourth-order valence-corrected chi connectivity index (χ4v) is 2.63. The molecule has 2 unspecified atom stereocenters. The number of rotatable bonds is 7. The lowest BCUT2D eigenvalue weighted by Gasteiger charge is -2.14. The zero-order chi connectivity index (χ0) is 14.4. The van der Waals surface area contributed by atoms with Gasteiger partial charge in [-0.3, -0.25) is 4.21 Å². The molecule has 0 aliphatic carbocycles. The van der Waals surface area contributed by atoms with Crippen LogP contribution in [0.25, 0.3) is 5.69 Å². The van der Waals surface area contributed by atoms with E-state index in [4.69, 9.17) is 0 Å². The third kappa shape index (κ3) is 4.02. The first-order valence-corrected chi connectivity index (χ1v) is 8.36. The molecule has 2 rings (SSSR count). The molecule has 1 heterocycles. The van der Waals surface area contributed by atoms with Crippen LogP contribution in [-0.4, -0.2) is 31.8 Å². The molecule has 2 aromatic rings. The number of hydrogen-bond donors (Lipinski definition) is 1. The van der Waals surface area contributed by atoms with E-state index in [9.17, 15) is 4.21 Å². The molecule has 0 fully saturated rings. The summed E-state index contributed by atoms with van der Waals surface area (Å²) in [5.41, 5.74) is 2.33. The monoisotopic (exact) mass is 291 g/mol. The van der Waals surface area contributed by atoms with Crippen LogP contribution < -0.4 is 5.32 Å². The van der Waals surface area contributed by atoms with Crippen molar-refractivity contribution < 1.29 is 4.21 Å². The average Bonchev–Trinajstić information content (AvgIpc) is 3.01. The zero-order valence-electron chi connectivity index (χ0n) is 12.0. The molecule has 0 amide bonds. The SMILES string of the molecule is CCS(=O)CCNC(C)c1ccc(-n2ccnc2)cc1. The highest BCUT2D eigenvalue weighted by molar-refractivity contribution is 7.84. The first-order valence-electron chi connectivity index (χ1n) is 6.87. The Hall–Kier alpha value is -1.46. The van der Waals surface area contributed by atoms with Crippen LogP contribution in [0.15, 0.2) is 43.0 Å². The Morgan fingerprint density at radius 3 is 2.70 bits per heavy atom. The van der Waals surface area contributed by atoms with Crippen molar-refractivity contribution in [2.24, 2.45) is 0 Å². The Labute approximate surface area is 122 Å². The second-order valence-corrected chi connectivity index (χ2v) is 6.54. The van der Waals surface area contributed by atoms with Crippen LogP contribution in [0.1, 0.15) is 25.5 Å². The third-order valence-electron chi connectivity index (χ3n) is 3.30. The van der Waals surface area contributed by atoms with Gasteiger partial charge in [-0.2, -0.15) is 0 Å². The maximum absolute atomic E-state index is 11.4. The topological polar surface area (TPSA) is 46.9 Å². The standard InChI is InChI=1S/C15H21N3OS/c1-3-20(19)11-9-17-13(2)14-4-6-15(7-5-14)18-10-8-16-12-18/h4-8,10,12-13,17H,3,9,11H2,1-2H3. The van der Waals surface area contributed by atoms with Gasteiger partial charge in [0.05, 0.1) is 6.33 Å². The maximum atomic E-state index is 11.4. The number of imidazole rings is 1. The molecule has 0 aliphatic heterocycles. The van der Waals surface area contributed by atoms with Gasteiger partial charge in [-0.15, -0.1) is 0 Å². The van der Waals surface area contributed by atoms with Gasteiger partial charge in [0.15, 0.2) is 0 Å². The van der Waals surface area contributed by atoms with Gasteiger partial charge in [-0.05, 0) is 24.6 Å². The van der Waals surface area contributed by atoms with Crippen molar-refractivity contribution in [2.75, 3.05) is 18.1 Å². The molecular weight excluding hydrogens is 270 g/mol. The number of nitrogens with zero attached hydrogens (tertiary/aromatic N) is 2. The van der Waals surface area contributed by atoms with Crippen LogP contribution in [0.3, 0.4) is 0 Å². The van der Waals surface area contributed by atoms with Crippen molar-refractivity contribution in [3.63, 3.8) is 0 Å². The van der Waals surface area contributed by atoms with Gasteiger partial charge in [0.25, 0.3) is 0 Å². The second kappa shape index (κ2) is 7.36. The van der Waals surface area contributed by atoms with E-state index in [1.807, 2.05) is 17.7 Å². The fraction of sp³-hybridized carbons (Fsp3) is 0.400. The number of benzene rings is 1. The van der Waals surface area contributed by atoms with E-state index in [0.29, 0.717) is 5.75 Å². The first kappa shape index (κ1) is 14.9. The quantitative estimate of drug-likeness (QED) is 0.851. The lowest BCUT2D eigenvalue weighted by atomic mass is 10.1. The van der Waals surface area contributed by atoms with Gasteiger partial charge >= 0.3 is 0 Å². The van der Waals surface area contributed by atoms with E-state index in [-0.39, 0.29) is 6.04 Å². The van der Waals surface area contributed by atoms with Gasteiger partial charge in [0.1, 0.15) is 0 Å². The molecule has 5 heteroatoms. The molecule has 0 radical (unpaired) electrons. The third-order valence-corrected chi connectivity index (χ3v) is 4.60. The summed E-state index contributed by atoms with van der Waals surface area (Å²) < 4.78 is 13.3. The Bertz CT molecular complexity index is 537. The normalized spacial score (nSPS) is 14.1. The molecule has 0 saturated carbocycles. The van der Waals surface area contributed by atoms with Gasteiger partial charge in [-0.1, -0.05) is 19.1 Å². The minimum absolute atomic E-state index is 0.265. The van der Waals surface area contributed by atoms with Crippen LogP contribution >= 0.6 is 0 Å². The molecule has 4 nitrogen and oxygen atoms in total. The van der Waals surface area contributed by atoms with Gasteiger partial charge in [0, 0.05) is 53.0 Å². The van der Waals surface area contributed by atoms with E-state index >= 15 is 0 Å². The summed E-state index contributed by atoms with van der Waals surface area (Å²) in [6.07, 6.45) is 5.49. The summed E-state index contributed by atoms with van der Waals surface area (Å²) in [6, 6.07) is 8.66. The van der Waals surface area contributed by atoms with Crippen LogP contribution in [0.2, 0.25) is 0 Å². The highest BCUT2D eigenvalue weighted by Crippen LogP contribution is 2.15. The summed E-state index contributed by atoms with van der Waals surface area (Å²) in [7, 11) is -0.697. The van der Waals surface area contributed by atoms with Crippen LogP contribution in [0.4, 0.5) is 0 Å². The highest BCUT2D eigenvalue weighted by atomic mass is 32.2. The Morgan fingerprint density at radius 1 is 1.35 bits per heavy atom. The summed E-state index contributed by atoms with van der Waals surface area (Å²) >= 11 is 0. The van der Waals surface area contributed by atoms with Crippen LogP contribution in [0, 0.1) is 0 Å². The number of nitrogens with one attached hydrogen (secondary N) is 1. The van der Waals surface area contributed by atoms with Crippen LogP contribution in [0.5, 0.6) is 0 Å². The predicted octanol–water partition coefficient (Wildman–Crippen LogP) is 2.29. The maximum Gasteiger partial charge on any atom is 0.0991 e. The van der Waals surface area contributed by atoms with E-state index in [1.54, 1.807) is 12.5 Å². The van der Waals surface area contributed by atoms with Gasteiger partial charge in [-0.25, -0.2) is 4.98 Å². The minimum Gasteiger partial charge on any atom is -0.309 e. The van der Waals surface area contributed by atoms with Crippen molar-refractivity contribution in [1.82, 2.24) is 14.9 Å². The molecule has 0 bridgehead atoms. The van der Waals surface area contributed by atoms with E-state index in [1.165, 1.54) is 5.56 Å². The average molecular weight is 291 g/mol. The minimum atomic E-state index is -0.697. The molecular formula is C15H21N3OS. The summed E-state index contributed by atoms with van der Waals surface area (Å²) in [4.78, 5) is 4.04. The van der Waals surface area contributed by atoms with Crippen molar-refractivity contribution in [3.05, 3.63) is 48.5 Å². The number of hydrogen-bond acceptors (Lipinski definition) is 3. The fourth-order valence-electron chi connectivity index (χ4n) is 2.00. The van der Waals surface area contributed by atoms with Crippen molar-refractivity contribution in [1.29, 1.82) is 0 Å².